The number of nitrogens with zero attached hydrogens (tertiary/aromatic N) is 6. The fraction of sp³-hybridized carbons (Fsp3) is 0.367. The molecule has 1 aliphatic rings. The quantitative estimate of drug-likeness (QED) is 0.377. The van der Waals surface area contributed by atoms with Crippen LogP contribution in [0.5, 0.6) is 0 Å². The summed E-state index contributed by atoms with van der Waals surface area (Å²) in [6.45, 7) is 8.98. The molecule has 4 aromatic rings. The van der Waals surface area contributed by atoms with Crippen LogP contribution < -0.4 is 10.2 Å². The van der Waals surface area contributed by atoms with Gasteiger partial charge in [0.2, 0.25) is 0 Å². The molecule has 1 atom stereocenters. The van der Waals surface area contributed by atoms with Crippen LogP contribution in [0.3, 0.4) is 0 Å². The highest BCUT2D eigenvalue weighted by Gasteiger charge is 2.27. The van der Waals surface area contributed by atoms with Crippen LogP contribution in [-0.4, -0.2) is 63.6 Å². The van der Waals surface area contributed by atoms with Crippen molar-refractivity contribution in [3.05, 3.63) is 77.7 Å². The van der Waals surface area contributed by atoms with E-state index in [1.54, 1.807) is 4.68 Å². The minimum Gasteiger partial charge on any atom is -0.369 e. The Morgan fingerprint density at radius 3 is 2.53 bits per heavy atom. The maximum absolute atomic E-state index is 13.5. The van der Waals surface area contributed by atoms with Gasteiger partial charge in [0.15, 0.2) is 0 Å². The van der Waals surface area contributed by atoms with E-state index in [0.717, 1.165) is 58.8 Å². The smallest absolute Gasteiger partial charge is 0.252 e. The van der Waals surface area contributed by atoms with Gasteiger partial charge in [0.25, 0.3) is 5.91 Å². The predicted molar refractivity (Wildman–Crippen MR) is 152 cm³/mol. The Labute approximate surface area is 224 Å². The molecule has 1 amide bonds. The topological polar surface area (TPSA) is 71.2 Å². The lowest BCUT2D eigenvalue weighted by atomic mass is 9.96. The van der Waals surface area contributed by atoms with Crippen LogP contribution in [0.25, 0.3) is 22.4 Å². The standard InChI is InChI=1S/C30H37N7O/c1-7-37-11-10-29(33-37)24-13-22(12-23(14-24)25-16-31-35(5)17-25)21(3)32-30(38)28-15-26(9-8-20(28)2)36(6)27-18-34(4)19-27/h8-17,21,27H,7,18-19H2,1-6H3,(H,32,38)/t21-/m1/s1. The normalized spacial score (nSPS) is 14.8. The SMILES string of the molecule is CCn1ccc(-c2cc(-c3cnn(C)c3)cc([C@@H](C)NC(=O)c3cc(N(C)C4CN(C)C4)ccc3C)c2)n1. The molecule has 2 aromatic heterocycles. The Kier molecular flexibility index (Phi) is 7.08. The summed E-state index contributed by atoms with van der Waals surface area (Å²) in [6, 6.07) is 14.9. The molecule has 38 heavy (non-hydrogen) atoms. The second kappa shape index (κ2) is 10.5. The molecule has 2 aromatic carbocycles. The average molecular weight is 512 g/mol. The van der Waals surface area contributed by atoms with Crippen molar-refractivity contribution < 1.29 is 4.79 Å². The van der Waals surface area contributed by atoms with Crippen molar-refractivity contribution in [1.29, 1.82) is 0 Å². The van der Waals surface area contributed by atoms with Crippen LogP contribution in [0.15, 0.2) is 61.1 Å². The van der Waals surface area contributed by atoms with Gasteiger partial charge in [-0.1, -0.05) is 6.07 Å². The molecule has 0 spiro atoms. The van der Waals surface area contributed by atoms with Crippen LogP contribution in [0.1, 0.15) is 41.4 Å². The van der Waals surface area contributed by atoms with Crippen molar-refractivity contribution >= 4 is 11.6 Å². The van der Waals surface area contributed by atoms with Gasteiger partial charge in [-0.15, -0.1) is 0 Å². The molecule has 1 fully saturated rings. The van der Waals surface area contributed by atoms with E-state index in [9.17, 15) is 4.79 Å². The lowest BCUT2D eigenvalue weighted by Gasteiger charge is -2.43. The van der Waals surface area contributed by atoms with Crippen molar-refractivity contribution in [3.8, 4) is 22.4 Å². The molecule has 198 valence electrons. The Bertz CT molecular complexity index is 1450. The number of carbonyl (C=O) groups is 1. The van der Waals surface area contributed by atoms with E-state index in [4.69, 9.17) is 5.10 Å². The summed E-state index contributed by atoms with van der Waals surface area (Å²) in [5, 5.41) is 12.3. The van der Waals surface area contributed by atoms with Gasteiger partial charge in [-0.05, 0) is 80.9 Å². The van der Waals surface area contributed by atoms with E-state index < -0.39 is 0 Å². The van der Waals surface area contributed by atoms with Crippen LogP contribution in [0.2, 0.25) is 0 Å². The number of hydrogen-bond acceptors (Lipinski definition) is 5. The minimum absolute atomic E-state index is 0.0698. The van der Waals surface area contributed by atoms with Gasteiger partial charge in [0, 0.05) is 68.5 Å². The van der Waals surface area contributed by atoms with E-state index in [1.165, 1.54) is 0 Å². The van der Waals surface area contributed by atoms with E-state index in [2.05, 4.69) is 65.5 Å². The van der Waals surface area contributed by atoms with Gasteiger partial charge in [0.05, 0.1) is 24.0 Å². The molecule has 5 rings (SSSR count). The first kappa shape index (κ1) is 25.7. The number of benzene rings is 2. The van der Waals surface area contributed by atoms with Crippen LogP contribution in [-0.2, 0) is 13.6 Å². The Morgan fingerprint density at radius 1 is 1.11 bits per heavy atom. The first-order valence-corrected chi connectivity index (χ1v) is 13.2. The molecule has 1 aliphatic heterocycles. The van der Waals surface area contributed by atoms with Crippen LogP contribution in [0, 0.1) is 6.92 Å². The van der Waals surface area contributed by atoms with Gasteiger partial charge in [0.1, 0.15) is 0 Å². The van der Waals surface area contributed by atoms with Crippen LogP contribution >= 0.6 is 0 Å². The van der Waals surface area contributed by atoms with Gasteiger partial charge in [-0.2, -0.15) is 10.2 Å². The summed E-state index contributed by atoms with van der Waals surface area (Å²) in [5.74, 6) is -0.0698. The summed E-state index contributed by atoms with van der Waals surface area (Å²) in [5.41, 5.74) is 7.75. The van der Waals surface area contributed by atoms with Gasteiger partial charge in [-0.25, -0.2) is 0 Å². The number of carbonyl (C=O) groups excluding carboxylic acids is 1. The van der Waals surface area contributed by atoms with Gasteiger partial charge < -0.3 is 15.1 Å². The van der Waals surface area contributed by atoms with Gasteiger partial charge >= 0.3 is 0 Å². The van der Waals surface area contributed by atoms with E-state index in [-0.39, 0.29) is 11.9 Å². The van der Waals surface area contributed by atoms with Crippen LogP contribution in [0.4, 0.5) is 5.69 Å². The second-order valence-corrected chi connectivity index (χ2v) is 10.5. The molecule has 0 unspecified atom stereocenters. The highest BCUT2D eigenvalue weighted by atomic mass is 16.1. The minimum atomic E-state index is -0.202. The highest BCUT2D eigenvalue weighted by molar-refractivity contribution is 5.97. The first-order chi connectivity index (χ1) is 18.2. The summed E-state index contributed by atoms with van der Waals surface area (Å²) in [6.07, 6.45) is 5.86. The molecule has 8 heteroatoms. The summed E-state index contributed by atoms with van der Waals surface area (Å²) in [4.78, 5) is 18.1. The molecule has 1 N–H and O–H groups in total. The molecule has 3 heterocycles. The Morgan fingerprint density at radius 2 is 1.87 bits per heavy atom. The number of hydrogen-bond donors (Lipinski definition) is 1. The largest absolute Gasteiger partial charge is 0.369 e. The third kappa shape index (κ3) is 5.22. The number of likely N-dealkylation sites (N-methyl/N-ethyl adjacent to an activating group) is 2. The zero-order chi connectivity index (χ0) is 27.0. The third-order valence-electron chi connectivity index (χ3n) is 7.57. The molecule has 0 bridgehead atoms. The fourth-order valence-electron chi connectivity index (χ4n) is 5.03. The summed E-state index contributed by atoms with van der Waals surface area (Å²) >= 11 is 0. The molecular formula is C30H37N7O. The maximum atomic E-state index is 13.5. The van der Waals surface area contributed by atoms with E-state index in [1.807, 2.05) is 62.4 Å². The molecule has 0 saturated carbocycles. The molecule has 0 radical (unpaired) electrons. The zero-order valence-electron chi connectivity index (χ0n) is 23.1. The van der Waals surface area contributed by atoms with E-state index >= 15 is 0 Å². The van der Waals surface area contributed by atoms with Crippen molar-refractivity contribution in [1.82, 2.24) is 29.8 Å². The van der Waals surface area contributed by atoms with Crippen molar-refractivity contribution in [2.24, 2.45) is 7.05 Å². The van der Waals surface area contributed by atoms with Crippen molar-refractivity contribution in [3.63, 3.8) is 0 Å². The van der Waals surface area contributed by atoms with Crippen molar-refractivity contribution in [2.45, 2.75) is 39.4 Å². The molecule has 1 saturated heterocycles. The monoisotopic (exact) mass is 511 g/mol. The maximum Gasteiger partial charge on any atom is 0.252 e. The number of likely N-dealkylation sites (tertiary alicyclic amines) is 1. The Hall–Kier alpha value is -3.91. The lowest BCUT2D eigenvalue weighted by Crippen LogP contribution is -2.56. The number of amides is 1. The Balaban J connectivity index is 1.42. The lowest BCUT2D eigenvalue weighted by molar-refractivity contribution is 0.0939. The summed E-state index contributed by atoms with van der Waals surface area (Å²) < 4.78 is 3.72. The second-order valence-electron chi connectivity index (χ2n) is 10.5. The third-order valence-corrected chi connectivity index (χ3v) is 7.57. The number of aromatic nitrogens is 4. The zero-order valence-corrected chi connectivity index (χ0v) is 23.1. The molecule has 8 nitrogen and oxygen atoms in total. The molecular weight excluding hydrogens is 474 g/mol. The predicted octanol–water partition coefficient (Wildman–Crippen LogP) is 4.52. The first-order valence-electron chi connectivity index (χ1n) is 13.2. The number of aryl methyl sites for hydroxylation is 3. The number of rotatable bonds is 8. The number of anilines is 1. The molecule has 0 aliphatic carbocycles. The van der Waals surface area contributed by atoms with Crippen molar-refractivity contribution in [2.75, 3.05) is 32.1 Å². The van der Waals surface area contributed by atoms with E-state index in [0.29, 0.717) is 11.6 Å². The fourth-order valence-corrected chi connectivity index (χ4v) is 5.03. The summed E-state index contributed by atoms with van der Waals surface area (Å²) in [7, 11) is 6.15. The highest BCUT2D eigenvalue weighted by Crippen LogP contribution is 2.30. The number of nitrogens with one attached hydrogen (secondary N) is 1. The average Bonchev–Trinajstić information content (AvgIpc) is 3.55. The van der Waals surface area contributed by atoms with Gasteiger partial charge in [-0.3, -0.25) is 14.2 Å².